The van der Waals surface area contributed by atoms with Gasteiger partial charge < -0.3 is 14.7 Å². The van der Waals surface area contributed by atoms with Gasteiger partial charge in [-0.2, -0.15) is 0 Å². The number of benzene rings is 1. The maximum Gasteiger partial charge on any atom is 0.254 e. The molecular formula is C20H21ClN4O3. The molecule has 0 atom stereocenters. The number of hydrogen-bond acceptors (Lipinski definition) is 5. The van der Waals surface area contributed by atoms with Crippen molar-refractivity contribution in [1.29, 1.82) is 0 Å². The number of likely N-dealkylation sites (tertiary alicyclic amines) is 1. The van der Waals surface area contributed by atoms with Gasteiger partial charge in [0, 0.05) is 30.8 Å². The van der Waals surface area contributed by atoms with E-state index in [0.717, 1.165) is 24.3 Å². The molecule has 1 fully saturated rings. The van der Waals surface area contributed by atoms with Crippen LogP contribution in [0.25, 0.3) is 5.65 Å². The third kappa shape index (κ3) is 3.38. The summed E-state index contributed by atoms with van der Waals surface area (Å²) in [4.78, 5) is 14.7. The lowest BCUT2D eigenvalue weighted by atomic mass is 9.95. The van der Waals surface area contributed by atoms with Crippen molar-refractivity contribution in [2.45, 2.75) is 25.7 Å². The largest absolute Gasteiger partial charge is 0.503 e. The van der Waals surface area contributed by atoms with Crippen LogP contribution in [0.4, 0.5) is 0 Å². The standard InChI is InChI=1S/C20H21ClN4O3/c1-2-28-16-12-14(11-15(21)18(16)26)20(27)24-9-6-13(7-10-24)19-23-22-17-5-3-4-8-25(17)19/h3-5,8,11-13,26H,2,6-7,9-10H2,1H3. The molecule has 3 heterocycles. The highest BCUT2D eigenvalue weighted by molar-refractivity contribution is 6.32. The first-order valence-electron chi connectivity index (χ1n) is 9.32. The normalized spacial score (nSPS) is 15.1. The predicted octanol–water partition coefficient (Wildman–Crippen LogP) is 3.51. The molecule has 1 aliphatic rings. The van der Waals surface area contributed by atoms with Crippen LogP contribution >= 0.6 is 11.6 Å². The third-order valence-electron chi connectivity index (χ3n) is 5.06. The Bertz CT molecular complexity index is 1010. The molecule has 1 aliphatic heterocycles. The first-order valence-corrected chi connectivity index (χ1v) is 9.70. The molecule has 2 aromatic heterocycles. The molecule has 0 unspecified atom stereocenters. The zero-order valence-electron chi connectivity index (χ0n) is 15.5. The second kappa shape index (κ2) is 7.67. The van der Waals surface area contributed by atoms with Gasteiger partial charge >= 0.3 is 0 Å². The summed E-state index contributed by atoms with van der Waals surface area (Å²) in [6, 6.07) is 8.86. The summed E-state index contributed by atoms with van der Waals surface area (Å²) >= 11 is 6.07. The van der Waals surface area contributed by atoms with Gasteiger partial charge in [0.2, 0.25) is 0 Å². The van der Waals surface area contributed by atoms with E-state index in [1.165, 1.54) is 6.07 Å². The fourth-order valence-corrected chi connectivity index (χ4v) is 3.84. The molecule has 7 nitrogen and oxygen atoms in total. The number of rotatable bonds is 4. The summed E-state index contributed by atoms with van der Waals surface area (Å²) in [7, 11) is 0. The fraction of sp³-hybridized carbons (Fsp3) is 0.350. The van der Waals surface area contributed by atoms with Gasteiger partial charge in [0.1, 0.15) is 5.82 Å². The first-order chi connectivity index (χ1) is 13.6. The molecule has 1 amide bonds. The molecule has 3 aromatic rings. The van der Waals surface area contributed by atoms with Crippen molar-refractivity contribution in [2.24, 2.45) is 0 Å². The average molecular weight is 401 g/mol. The average Bonchev–Trinajstić information content (AvgIpc) is 3.15. The fourth-order valence-electron chi connectivity index (χ4n) is 3.62. The Morgan fingerprint density at radius 2 is 2.07 bits per heavy atom. The number of aromatic hydroxyl groups is 1. The summed E-state index contributed by atoms with van der Waals surface area (Å²) in [5, 5.41) is 18.7. The summed E-state index contributed by atoms with van der Waals surface area (Å²) in [6.07, 6.45) is 3.59. The quantitative estimate of drug-likeness (QED) is 0.724. The van der Waals surface area contributed by atoms with Gasteiger partial charge in [0.05, 0.1) is 11.6 Å². The SMILES string of the molecule is CCOc1cc(C(=O)N2CCC(c3nnc4ccccn34)CC2)cc(Cl)c1O. The maximum absolute atomic E-state index is 12.9. The topological polar surface area (TPSA) is 80.0 Å². The van der Waals surface area contributed by atoms with Gasteiger partial charge in [-0.1, -0.05) is 17.7 Å². The number of carbonyl (C=O) groups is 1. The van der Waals surface area contributed by atoms with Gasteiger partial charge in [0.25, 0.3) is 5.91 Å². The molecule has 1 aromatic carbocycles. The number of halogens is 1. The van der Waals surface area contributed by atoms with Crippen LogP contribution in [0.5, 0.6) is 11.5 Å². The summed E-state index contributed by atoms with van der Waals surface area (Å²) in [6.45, 7) is 3.42. The summed E-state index contributed by atoms with van der Waals surface area (Å²) < 4.78 is 7.39. The molecule has 8 heteroatoms. The van der Waals surface area contributed by atoms with Gasteiger partial charge in [-0.15, -0.1) is 10.2 Å². The van der Waals surface area contributed by atoms with Crippen LogP contribution in [0.3, 0.4) is 0 Å². The molecule has 4 rings (SSSR count). The number of nitrogens with zero attached hydrogens (tertiary/aromatic N) is 4. The third-order valence-corrected chi connectivity index (χ3v) is 5.35. The number of hydrogen-bond donors (Lipinski definition) is 1. The van der Waals surface area contributed by atoms with Crippen molar-refractivity contribution in [3.05, 3.63) is 52.9 Å². The minimum absolute atomic E-state index is 0.110. The number of ether oxygens (including phenoxy) is 1. The summed E-state index contributed by atoms with van der Waals surface area (Å²) in [5.41, 5.74) is 1.25. The Balaban J connectivity index is 1.48. The number of amides is 1. The number of phenolic OH excluding ortho intramolecular Hbond substituents is 1. The van der Waals surface area contributed by atoms with Crippen LogP contribution in [0.2, 0.25) is 5.02 Å². The zero-order chi connectivity index (χ0) is 19.7. The van der Waals surface area contributed by atoms with Gasteiger partial charge in [-0.3, -0.25) is 9.20 Å². The van der Waals surface area contributed by atoms with Crippen molar-refractivity contribution in [3.63, 3.8) is 0 Å². The Morgan fingerprint density at radius 1 is 1.29 bits per heavy atom. The van der Waals surface area contributed by atoms with Gasteiger partial charge in [-0.05, 0) is 44.0 Å². The molecule has 0 bridgehead atoms. The van der Waals surface area contributed by atoms with Crippen LogP contribution in [0.1, 0.15) is 41.9 Å². The van der Waals surface area contributed by atoms with Crippen LogP contribution in [0.15, 0.2) is 36.5 Å². The zero-order valence-corrected chi connectivity index (χ0v) is 16.3. The van der Waals surface area contributed by atoms with Crippen LogP contribution in [0, 0.1) is 0 Å². The number of fused-ring (bicyclic) bond motifs is 1. The lowest BCUT2D eigenvalue weighted by Gasteiger charge is -2.31. The van der Waals surface area contributed by atoms with E-state index in [-0.39, 0.29) is 28.3 Å². The highest BCUT2D eigenvalue weighted by Crippen LogP contribution is 2.36. The molecule has 0 aliphatic carbocycles. The Kier molecular flexibility index (Phi) is 5.09. The van der Waals surface area contributed by atoms with E-state index in [9.17, 15) is 9.90 Å². The molecular weight excluding hydrogens is 380 g/mol. The molecule has 0 spiro atoms. The Labute approximate surface area is 167 Å². The van der Waals surface area contributed by atoms with E-state index in [1.807, 2.05) is 28.8 Å². The maximum atomic E-state index is 12.9. The minimum atomic E-state index is -0.141. The van der Waals surface area contributed by atoms with E-state index < -0.39 is 0 Å². The molecule has 28 heavy (non-hydrogen) atoms. The van der Waals surface area contributed by atoms with Crippen molar-refractivity contribution >= 4 is 23.2 Å². The smallest absolute Gasteiger partial charge is 0.254 e. The first kappa shape index (κ1) is 18.6. The summed E-state index contributed by atoms with van der Waals surface area (Å²) in [5.74, 6) is 1.16. The lowest BCUT2D eigenvalue weighted by molar-refractivity contribution is 0.0710. The number of carbonyl (C=O) groups excluding carboxylic acids is 1. The monoisotopic (exact) mass is 400 g/mol. The second-order valence-corrected chi connectivity index (χ2v) is 7.20. The van der Waals surface area contributed by atoms with Crippen molar-refractivity contribution in [1.82, 2.24) is 19.5 Å². The number of piperidine rings is 1. The molecule has 0 radical (unpaired) electrons. The van der Waals surface area contributed by atoms with E-state index in [0.29, 0.717) is 25.3 Å². The highest BCUT2D eigenvalue weighted by Gasteiger charge is 2.28. The Hall–Kier alpha value is -2.80. The predicted molar refractivity (Wildman–Crippen MR) is 105 cm³/mol. The van der Waals surface area contributed by atoms with E-state index in [2.05, 4.69) is 10.2 Å². The van der Waals surface area contributed by atoms with Crippen LogP contribution in [-0.2, 0) is 0 Å². The van der Waals surface area contributed by atoms with Gasteiger partial charge in [-0.25, -0.2) is 0 Å². The molecule has 1 N–H and O–H groups in total. The highest BCUT2D eigenvalue weighted by atomic mass is 35.5. The number of aromatic nitrogens is 3. The molecule has 0 saturated carbocycles. The van der Waals surface area contributed by atoms with Crippen LogP contribution < -0.4 is 4.74 Å². The van der Waals surface area contributed by atoms with E-state index in [4.69, 9.17) is 16.3 Å². The van der Waals surface area contributed by atoms with Crippen molar-refractivity contribution in [3.8, 4) is 11.5 Å². The second-order valence-electron chi connectivity index (χ2n) is 6.79. The molecule has 146 valence electrons. The van der Waals surface area contributed by atoms with E-state index >= 15 is 0 Å². The Morgan fingerprint density at radius 3 is 2.82 bits per heavy atom. The van der Waals surface area contributed by atoms with Crippen molar-refractivity contribution < 1.29 is 14.6 Å². The lowest BCUT2D eigenvalue weighted by Crippen LogP contribution is -2.38. The van der Waals surface area contributed by atoms with Crippen molar-refractivity contribution in [2.75, 3.05) is 19.7 Å². The minimum Gasteiger partial charge on any atom is -0.503 e. The van der Waals surface area contributed by atoms with E-state index in [1.54, 1.807) is 17.9 Å². The number of pyridine rings is 1. The van der Waals surface area contributed by atoms with Gasteiger partial charge in [0.15, 0.2) is 17.1 Å². The van der Waals surface area contributed by atoms with Crippen LogP contribution in [-0.4, -0.2) is 50.2 Å². The molecule has 1 saturated heterocycles. The number of phenols is 1.